The summed E-state index contributed by atoms with van der Waals surface area (Å²) in [5, 5.41) is 8.40. The van der Waals surface area contributed by atoms with Crippen LogP contribution in [0, 0.1) is 11.8 Å². The Morgan fingerprint density at radius 2 is 2.38 bits per heavy atom. The van der Waals surface area contributed by atoms with Gasteiger partial charge in [-0.2, -0.15) is 0 Å². The first-order valence-corrected chi connectivity index (χ1v) is 4.87. The van der Waals surface area contributed by atoms with Gasteiger partial charge in [0.1, 0.15) is 0 Å². The fourth-order valence-corrected chi connectivity index (χ4v) is 2.24. The van der Waals surface area contributed by atoms with Crippen LogP contribution in [0.25, 0.3) is 0 Å². The van der Waals surface area contributed by atoms with Crippen molar-refractivity contribution in [2.45, 2.75) is 25.7 Å². The molecule has 2 nitrogen and oxygen atoms in total. The molecule has 2 heteroatoms. The van der Waals surface area contributed by atoms with Crippen LogP contribution in [-0.4, -0.2) is 11.1 Å². The number of rotatable bonds is 2. The molecule has 0 bridgehead atoms. The smallest absolute Gasteiger partial charge is 0.328 e. The van der Waals surface area contributed by atoms with E-state index in [0.29, 0.717) is 0 Å². The van der Waals surface area contributed by atoms with E-state index < -0.39 is 5.97 Å². The number of carboxylic acids is 1. The lowest BCUT2D eigenvalue weighted by Gasteiger charge is -2.11. The van der Waals surface area contributed by atoms with Gasteiger partial charge in [0.15, 0.2) is 0 Å². The number of hydrogen-bond donors (Lipinski definition) is 1. The highest BCUT2D eigenvalue weighted by Crippen LogP contribution is 2.52. The fourth-order valence-electron chi connectivity index (χ4n) is 2.24. The summed E-state index contributed by atoms with van der Waals surface area (Å²) in [5.41, 5.74) is 1.47. The third-order valence-electron chi connectivity index (χ3n) is 2.99. The lowest BCUT2D eigenvalue weighted by atomic mass is 9.94. The maximum Gasteiger partial charge on any atom is 0.328 e. The standard InChI is InChI=1S/C11H14O2/c12-11(13)6-2-4-8-3-1-5-9-7-10(8)9/h2,4,6,9-10H,1,3,5,7H2,(H,12,13)/b6-2+,8-4-. The molecule has 13 heavy (non-hydrogen) atoms. The van der Waals surface area contributed by atoms with Crippen molar-refractivity contribution in [2.75, 3.05) is 0 Å². The average Bonchev–Trinajstić information content (AvgIpc) is 2.82. The molecule has 2 rings (SSSR count). The molecule has 0 spiro atoms. The molecule has 0 aromatic rings. The topological polar surface area (TPSA) is 37.3 Å². The molecule has 0 aromatic carbocycles. The molecule has 0 heterocycles. The number of aliphatic carboxylic acids is 1. The Kier molecular flexibility index (Phi) is 2.21. The molecule has 0 aromatic heterocycles. The molecular weight excluding hydrogens is 164 g/mol. The molecule has 2 aliphatic carbocycles. The summed E-state index contributed by atoms with van der Waals surface area (Å²) in [4.78, 5) is 10.2. The van der Waals surface area contributed by atoms with Gasteiger partial charge in [0.2, 0.25) is 0 Å². The second kappa shape index (κ2) is 3.36. The van der Waals surface area contributed by atoms with E-state index in [9.17, 15) is 4.79 Å². The number of carbonyl (C=O) groups is 1. The minimum Gasteiger partial charge on any atom is -0.478 e. The molecule has 0 radical (unpaired) electrons. The van der Waals surface area contributed by atoms with E-state index in [2.05, 4.69) is 0 Å². The Hall–Kier alpha value is -1.05. The summed E-state index contributed by atoms with van der Waals surface area (Å²) < 4.78 is 0. The Morgan fingerprint density at radius 3 is 3.15 bits per heavy atom. The second-order valence-electron chi connectivity index (χ2n) is 3.93. The number of carboxylic acid groups (broad SMARTS) is 1. The van der Waals surface area contributed by atoms with Gasteiger partial charge in [-0.15, -0.1) is 0 Å². The van der Waals surface area contributed by atoms with Gasteiger partial charge in [-0.25, -0.2) is 4.79 Å². The van der Waals surface area contributed by atoms with Gasteiger partial charge in [0.05, 0.1) is 0 Å². The maximum atomic E-state index is 10.2. The third-order valence-corrected chi connectivity index (χ3v) is 2.99. The predicted molar refractivity (Wildman–Crippen MR) is 50.3 cm³/mol. The summed E-state index contributed by atoms with van der Waals surface area (Å²) in [6, 6.07) is 0. The van der Waals surface area contributed by atoms with Gasteiger partial charge in [-0.1, -0.05) is 17.7 Å². The van der Waals surface area contributed by atoms with E-state index in [1.807, 2.05) is 6.08 Å². The van der Waals surface area contributed by atoms with E-state index in [0.717, 1.165) is 11.8 Å². The summed E-state index contributed by atoms with van der Waals surface area (Å²) in [6.07, 6.45) is 10.0. The minimum atomic E-state index is -0.861. The monoisotopic (exact) mass is 178 g/mol. The van der Waals surface area contributed by atoms with Crippen molar-refractivity contribution >= 4 is 5.97 Å². The Bertz CT molecular complexity index is 276. The first-order valence-electron chi connectivity index (χ1n) is 4.87. The lowest BCUT2D eigenvalue weighted by molar-refractivity contribution is -0.131. The summed E-state index contributed by atoms with van der Waals surface area (Å²) in [6.45, 7) is 0. The van der Waals surface area contributed by atoms with E-state index in [1.165, 1.54) is 37.3 Å². The first-order chi connectivity index (χ1) is 6.27. The van der Waals surface area contributed by atoms with Crippen LogP contribution >= 0.6 is 0 Å². The van der Waals surface area contributed by atoms with Gasteiger partial charge in [0, 0.05) is 6.08 Å². The zero-order valence-electron chi connectivity index (χ0n) is 7.57. The molecule has 2 saturated carbocycles. The first kappa shape index (κ1) is 8.54. The van der Waals surface area contributed by atoms with Crippen LogP contribution in [0.1, 0.15) is 25.7 Å². The highest BCUT2D eigenvalue weighted by molar-refractivity contribution is 5.80. The van der Waals surface area contributed by atoms with E-state index in [-0.39, 0.29) is 0 Å². The van der Waals surface area contributed by atoms with Crippen LogP contribution in [0.5, 0.6) is 0 Å². The predicted octanol–water partition coefficient (Wildman–Crippen LogP) is 2.37. The Balaban J connectivity index is 1.95. The summed E-state index contributed by atoms with van der Waals surface area (Å²) in [7, 11) is 0. The molecule has 70 valence electrons. The SMILES string of the molecule is O=C(O)/C=C/C=C1/CCCC2CC12. The van der Waals surface area contributed by atoms with Crippen LogP contribution in [-0.2, 0) is 4.79 Å². The van der Waals surface area contributed by atoms with Crippen molar-refractivity contribution in [3.63, 3.8) is 0 Å². The molecule has 2 aliphatic rings. The molecule has 0 aliphatic heterocycles. The molecular formula is C11H14O2. The highest BCUT2D eigenvalue weighted by Gasteiger charge is 2.41. The van der Waals surface area contributed by atoms with Gasteiger partial charge in [0.25, 0.3) is 0 Å². The largest absolute Gasteiger partial charge is 0.478 e. The molecule has 2 atom stereocenters. The van der Waals surface area contributed by atoms with Crippen LogP contribution in [0.15, 0.2) is 23.8 Å². The molecule has 0 amide bonds. The molecule has 2 unspecified atom stereocenters. The average molecular weight is 178 g/mol. The van der Waals surface area contributed by atoms with Crippen molar-refractivity contribution in [2.24, 2.45) is 11.8 Å². The Morgan fingerprint density at radius 1 is 1.54 bits per heavy atom. The highest BCUT2D eigenvalue weighted by atomic mass is 16.4. The third kappa shape index (κ3) is 2.00. The van der Waals surface area contributed by atoms with E-state index >= 15 is 0 Å². The maximum absolute atomic E-state index is 10.2. The molecule has 2 fully saturated rings. The van der Waals surface area contributed by atoms with Crippen LogP contribution in [0.2, 0.25) is 0 Å². The van der Waals surface area contributed by atoms with Crippen LogP contribution < -0.4 is 0 Å². The zero-order chi connectivity index (χ0) is 9.26. The van der Waals surface area contributed by atoms with E-state index in [1.54, 1.807) is 6.08 Å². The van der Waals surface area contributed by atoms with Crippen molar-refractivity contribution in [1.82, 2.24) is 0 Å². The number of allylic oxidation sites excluding steroid dienone is 3. The number of hydrogen-bond acceptors (Lipinski definition) is 1. The van der Waals surface area contributed by atoms with Gasteiger partial charge >= 0.3 is 5.97 Å². The summed E-state index contributed by atoms with van der Waals surface area (Å²) in [5.74, 6) is 0.866. The van der Waals surface area contributed by atoms with Gasteiger partial charge in [-0.05, 0) is 37.5 Å². The minimum absolute atomic E-state index is 0.798. The van der Waals surface area contributed by atoms with Crippen molar-refractivity contribution in [1.29, 1.82) is 0 Å². The van der Waals surface area contributed by atoms with Crippen molar-refractivity contribution < 1.29 is 9.90 Å². The Labute approximate surface area is 78.0 Å². The van der Waals surface area contributed by atoms with Crippen LogP contribution in [0.4, 0.5) is 0 Å². The lowest BCUT2D eigenvalue weighted by Crippen LogP contribution is -1.97. The number of fused-ring (bicyclic) bond motifs is 1. The second-order valence-corrected chi connectivity index (χ2v) is 3.93. The quantitative estimate of drug-likeness (QED) is 0.659. The summed E-state index contributed by atoms with van der Waals surface area (Å²) >= 11 is 0. The molecule has 1 N–H and O–H groups in total. The van der Waals surface area contributed by atoms with Gasteiger partial charge < -0.3 is 5.11 Å². The fraction of sp³-hybridized carbons (Fsp3) is 0.545. The molecule has 0 saturated heterocycles. The van der Waals surface area contributed by atoms with Crippen molar-refractivity contribution in [3.05, 3.63) is 23.8 Å². The zero-order valence-corrected chi connectivity index (χ0v) is 7.57. The van der Waals surface area contributed by atoms with Crippen LogP contribution in [0.3, 0.4) is 0 Å². The van der Waals surface area contributed by atoms with E-state index in [4.69, 9.17) is 5.11 Å². The normalized spacial score (nSPS) is 34.9. The van der Waals surface area contributed by atoms with Gasteiger partial charge in [-0.3, -0.25) is 0 Å². The van der Waals surface area contributed by atoms with Crippen molar-refractivity contribution in [3.8, 4) is 0 Å².